The summed E-state index contributed by atoms with van der Waals surface area (Å²) in [7, 11) is -2.31. The standard InChI is InChI=1S/C7H14N2OS/c1-6(2)11(10,7(3)4)9-5-8/h6-7H,1-4H3. The van der Waals surface area contributed by atoms with E-state index in [0.717, 1.165) is 0 Å². The lowest BCUT2D eigenvalue weighted by Crippen LogP contribution is -2.22. The first-order chi connectivity index (χ1) is 4.95. The highest BCUT2D eigenvalue weighted by Gasteiger charge is 2.18. The van der Waals surface area contributed by atoms with Gasteiger partial charge in [-0.25, -0.2) is 4.21 Å². The van der Waals surface area contributed by atoms with E-state index in [1.165, 1.54) is 0 Å². The summed E-state index contributed by atoms with van der Waals surface area (Å²) >= 11 is 0. The number of nitrogens with zero attached hydrogens (tertiary/aromatic N) is 2. The molecule has 11 heavy (non-hydrogen) atoms. The molecule has 0 atom stereocenters. The first-order valence-corrected chi connectivity index (χ1v) is 5.22. The smallest absolute Gasteiger partial charge is 0.214 e. The molecule has 0 fully saturated rings. The zero-order valence-electron chi connectivity index (χ0n) is 7.37. The Hall–Kier alpha value is -0.560. The average molecular weight is 174 g/mol. The molecular weight excluding hydrogens is 160 g/mol. The summed E-state index contributed by atoms with van der Waals surface area (Å²) in [6.07, 6.45) is 1.62. The third-order valence-electron chi connectivity index (χ3n) is 1.53. The molecule has 0 bridgehead atoms. The van der Waals surface area contributed by atoms with Crippen LogP contribution in [0.1, 0.15) is 27.7 Å². The second-order valence-corrected chi connectivity index (χ2v) is 6.20. The van der Waals surface area contributed by atoms with Gasteiger partial charge in [0.05, 0.1) is 9.73 Å². The first kappa shape index (κ1) is 10.4. The van der Waals surface area contributed by atoms with Gasteiger partial charge in [-0.1, -0.05) is 27.7 Å². The molecule has 0 amide bonds. The summed E-state index contributed by atoms with van der Waals surface area (Å²) in [6, 6.07) is 0. The zero-order chi connectivity index (χ0) is 9.07. The molecule has 0 aliphatic heterocycles. The van der Waals surface area contributed by atoms with Crippen LogP contribution in [0, 0.1) is 11.5 Å². The van der Waals surface area contributed by atoms with Gasteiger partial charge in [0.25, 0.3) is 0 Å². The van der Waals surface area contributed by atoms with Gasteiger partial charge in [-0.05, 0) is 0 Å². The van der Waals surface area contributed by atoms with Crippen molar-refractivity contribution in [2.75, 3.05) is 0 Å². The van der Waals surface area contributed by atoms with Crippen molar-refractivity contribution in [3.05, 3.63) is 0 Å². The van der Waals surface area contributed by atoms with Gasteiger partial charge in [0.2, 0.25) is 6.19 Å². The summed E-state index contributed by atoms with van der Waals surface area (Å²) in [5.41, 5.74) is 0. The van der Waals surface area contributed by atoms with Crippen molar-refractivity contribution in [1.82, 2.24) is 0 Å². The van der Waals surface area contributed by atoms with E-state index in [4.69, 9.17) is 5.26 Å². The molecule has 0 aromatic rings. The van der Waals surface area contributed by atoms with Crippen LogP contribution in [0.4, 0.5) is 0 Å². The van der Waals surface area contributed by atoms with Gasteiger partial charge >= 0.3 is 0 Å². The molecule has 64 valence electrons. The zero-order valence-corrected chi connectivity index (χ0v) is 8.18. The maximum Gasteiger partial charge on any atom is 0.214 e. The van der Waals surface area contributed by atoms with Crippen LogP contribution in [0.3, 0.4) is 0 Å². The van der Waals surface area contributed by atoms with E-state index in [1.807, 2.05) is 27.7 Å². The number of hydrogen-bond donors (Lipinski definition) is 0. The van der Waals surface area contributed by atoms with Gasteiger partial charge in [-0.15, -0.1) is 4.36 Å². The van der Waals surface area contributed by atoms with Crippen molar-refractivity contribution in [3.63, 3.8) is 0 Å². The first-order valence-electron chi connectivity index (χ1n) is 3.58. The minimum Gasteiger partial charge on any atom is -0.248 e. The molecular formula is C7H14N2OS. The summed E-state index contributed by atoms with van der Waals surface area (Å²) in [4.78, 5) is 0. The average Bonchev–Trinajstić information content (AvgIpc) is 1.87. The lowest BCUT2D eigenvalue weighted by Gasteiger charge is -2.14. The predicted octanol–water partition coefficient (Wildman–Crippen LogP) is 1.75. The Morgan fingerprint density at radius 3 is 1.73 bits per heavy atom. The molecule has 0 heterocycles. The van der Waals surface area contributed by atoms with Gasteiger partial charge in [-0.2, -0.15) is 5.26 Å². The summed E-state index contributed by atoms with van der Waals surface area (Å²) in [5, 5.41) is 8.20. The second-order valence-electron chi connectivity index (χ2n) is 2.90. The molecule has 0 saturated heterocycles. The van der Waals surface area contributed by atoms with Crippen LogP contribution in [-0.2, 0) is 9.73 Å². The Balaban J connectivity index is 5.06. The maximum absolute atomic E-state index is 11.8. The summed E-state index contributed by atoms with van der Waals surface area (Å²) < 4.78 is 15.3. The van der Waals surface area contributed by atoms with E-state index in [0.29, 0.717) is 0 Å². The van der Waals surface area contributed by atoms with Gasteiger partial charge < -0.3 is 0 Å². The van der Waals surface area contributed by atoms with Gasteiger partial charge in [0.15, 0.2) is 0 Å². The number of nitriles is 1. The van der Waals surface area contributed by atoms with Crippen LogP contribution < -0.4 is 0 Å². The summed E-state index contributed by atoms with van der Waals surface area (Å²) in [6.45, 7) is 7.29. The van der Waals surface area contributed by atoms with E-state index in [1.54, 1.807) is 6.19 Å². The van der Waals surface area contributed by atoms with Crippen LogP contribution in [0.2, 0.25) is 0 Å². The number of rotatable bonds is 2. The lowest BCUT2D eigenvalue weighted by molar-refractivity contribution is 0.662. The monoisotopic (exact) mass is 174 g/mol. The number of hydrogen-bond acceptors (Lipinski definition) is 3. The molecule has 0 aromatic carbocycles. The normalized spacial score (nSPS) is 11.7. The molecule has 0 radical (unpaired) electrons. The van der Waals surface area contributed by atoms with Crippen LogP contribution >= 0.6 is 0 Å². The Morgan fingerprint density at radius 1 is 1.27 bits per heavy atom. The third kappa shape index (κ3) is 2.19. The quantitative estimate of drug-likeness (QED) is 0.599. The minimum atomic E-state index is -2.31. The Kier molecular flexibility index (Phi) is 3.53. The van der Waals surface area contributed by atoms with Gasteiger partial charge in [0, 0.05) is 10.5 Å². The molecule has 0 aromatic heterocycles. The van der Waals surface area contributed by atoms with E-state index in [-0.39, 0.29) is 10.5 Å². The van der Waals surface area contributed by atoms with Crippen molar-refractivity contribution >= 4 is 9.73 Å². The molecule has 0 rings (SSSR count). The maximum atomic E-state index is 11.8. The molecule has 3 nitrogen and oxygen atoms in total. The largest absolute Gasteiger partial charge is 0.248 e. The molecule has 0 aliphatic carbocycles. The van der Waals surface area contributed by atoms with E-state index < -0.39 is 9.73 Å². The third-order valence-corrected chi connectivity index (χ3v) is 4.60. The van der Waals surface area contributed by atoms with Crippen molar-refractivity contribution in [1.29, 1.82) is 5.26 Å². The Bertz CT molecular complexity index is 253. The van der Waals surface area contributed by atoms with Crippen molar-refractivity contribution in [2.24, 2.45) is 4.36 Å². The van der Waals surface area contributed by atoms with E-state index >= 15 is 0 Å². The highest BCUT2D eigenvalue weighted by atomic mass is 32.2. The van der Waals surface area contributed by atoms with E-state index in [2.05, 4.69) is 4.36 Å². The molecule has 0 spiro atoms. The lowest BCUT2D eigenvalue weighted by atomic mass is 10.5. The van der Waals surface area contributed by atoms with Crippen molar-refractivity contribution < 1.29 is 4.21 Å². The van der Waals surface area contributed by atoms with Crippen LogP contribution in [0.5, 0.6) is 0 Å². The highest BCUT2D eigenvalue weighted by molar-refractivity contribution is 7.94. The second kappa shape index (κ2) is 3.72. The molecule has 0 saturated carbocycles. The van der Waals surface area contributed by atoms with Crippen LogP contribution in [0.25, 0.3) is 0 Å². The molecule has 0 N–H and O–H groups in total. The molecule has 0 aliphatic rings. The van der Waals surface area contributed by atoms with Crippen LogP contribution in [0.15, 0.2) is 4.36 Å². The van der Waals surface area contributed by atoms with E-state index in [9.17, 15) is 4.21 Å². The molecule has 0 unspecified atom stereocenters. The SMILES string of the molecule is CC(C)S(=O)(=NC#N)C(C)C. The minimum absolute atomic E-state index is 0.0536. The fourth-order valence-electron chi connectivity index (χ4n) is 0.819. The van der Waals surface area contributed by atoms with Crippen molar-refractivity contribution in [3.8, 4) is 6.19 Å². The topological polar surface area (TPSA) is 53.2 Å². The Labute approximate surface area is 68.6 Å². The molecule has 4 heteroatoms. The highest BCUT2D eigenvalue weighted by Crippen LogP contribution is 2.11. The van der Waals surface area contributed by atoms with Crippen LogP contribution in [-0.4, -0.2) is 14.7 Å². The summed E-state index contributed by atoms with van der Waals surface area (Å²) in [5.74, 6) is 0. The van der Waals surface area contributed by atoms with Crippen molar-refractivity contribution in [2.45, 2.75) is 38.2 Å². The predicted molar refractivity (Wildman–Crippen MR) is 46.5 cm³/mol. The Morgan fingerprint density at radius 2 is 1.64 bits per heavy atom. The fourth-order valence-corrected chi connectivity index (χ4v) is 2.46. The van der Waals surface area contributed by atoms with Gasteiger partial charge in [-0.3, -0.25) is 0 Å². The fraction of sp³-hybridized carbons (Fsp3) is 0.857. The van der Waals surface area contributed by atoms with Gasteiger partial charge in [0.1, 0.15) is 0 Å².